The van der Waals surface area contributed by atoms with E-state index < -0.39 is 0 Å². The molecule has 2 rings (SSSR count). The fourth-order valence-corrected chi connectivity index (χ4v) is 2.37. The second kappa shape index (κ2) is 6.71. The van der Waals surface area contributed by atoms with Crippen molar-refractivity contribution in [3.8, 4) is 0 Å². The molecule has 4 nitrogen and oxygen atoms in total. The van der Waals surface area contributed by atoms with Gasteiger partial charge in [-0.05, 0) is 25.6 Å². The molecule has 1 aromatic heterocycles. The second-order valence-electron chi connectivity index (χ2n) is 4.78. The molecule has 1 aliphatic rings. The molecule has 0 radical (unpaired) electrons. The number of piperazine rings is 1. The van der Waals surface area contributed by atoms with E-state index in [-0.39, 0.29) is 0 Å². The van der Waals surface area contributed by atoms with E-state index >= 15 is 0 Å². The monoisotopic (exact) mass is 248 g/mol. The number of rotatable bonds is 5. The molecule has 100 valence electrons. The van der Waals surface area contributed by atoms with E-state index in [1.54, 1.807) is 0 Å². The third kappa shape index (κ3) is 3.68. The van der Waals surface area contributed by atoms with Crippen LogP contribution in [0, 0.1) is 0 Å². The Kier molecular flexibility index (Phi) is 4.96. The number of anilines is 1. The predicted molar refractivity (Wildman–Crippen MR) is 75.8 cm³/mol. The number of likely N-dealkylation sites (N-methyl/N-ethyl adjacent to an activating group) is 1. The highest BCUT2D eigenvalue weighted by molar-refractivity contribution is 5.42. The average molecular weight is 248 g/mol. The van der Waals surface area contributed by atoms with Gasteiger partial charge in [0.15, 0.2) is 0 Å². The van der Waals surface area contributed by atoms with E-state index in [1.807, 2.05) is 12.3 Å². The van der Waals surface area contributed by atoms with E-state index in [2.05, 4.69) is 40.0 Å². The van der Waals surface area contributed by atoms with Crippen LogP contribution in [-0.2, 0) is 6.54 Å². The SMILES string of the molecule is CCNc1ccnc(CN2CCN(CC)CC2)c1. The van der Waals surface area contributed by atoms with E-state index in [9.17, 15) is 0 Å². The van der Waals surface area contributed by atoms with Crippen LogP contribution in [0.1, 0.15) is 19.5 Å². The number of nitrogens with zero attached hydrogens (tertiary/aromatic N) is 3. The molecule has 2 heterocycles. The lowest BCUT2D eigenvalue weighted by molar-refractivity contribution is 0.131. The molecule has 1 N–H and O–H groups in total. The first-order valence-corrected chi connectivity index (χ1v) is 6.95. The fourth-order valence-electron chi connectivity index (χ4n) is 2.37. The quantitative estimate of drug-likeness (QED) is 0.858. The Labute approximate surface area is 110 Å². The first-order chi connectivity index (χ1) is 8.81. The normalized spacial score (nSPS) is 17.9. The molecule has 1 fully saturated rings. The van der Waals surface area contributed by atoms with Crippen molar-refractivity contribution in [3.05, 3.63) is 24.0 Å². The van der Waals surface area contributed by atoms with Gasteiger partial charge in [-0.15, -0.1) is 0 Å². The molecule has 1 aromatic rings. The lowest BCUT2D eigenvalue weighted by atomic mass is 10.2. The van der Waals surface area contributed by atoms with Crippen LogP contribution in [0.15, 0.2) is 18.3 Å². The van der Waals surface area contributed by atoms with Crippen LogP contribution >= 0.6 is 0 Å². The summed E-state index contributed by atoms with van der Waals surface area (Å²) < 4.78 is 0. The maximum absolute atomic E-state index is 4.46. The van der Waals surface area contributed by atoms with Gasteiger partial charge < -0.3 is 10.2 Å². The molecule has 1 saturated heterocycles. The van der Waals surface area contributed by atoms with Gasteiger partial charge in [0.2, 0.25) is 0 Å². The third-order valence-corrected chi connectivity index (χ3v) is 3.50. The fraction of sp³-hybridized carbons (Fsp3) is 0.643. The number of hydrogen-bond donors (Lipinski definition) is 1. The van der Waals surface area contributed by atoms with E-state index in [1.165, 1.54) is 31.0 Å². The Bertz CT molecular complexity index is 359. The van der Waals surface area contributed by atoms with Crippen molar-refractivity contribution in [2.75, 3.05) is 44.6 Å². The molecular weight excluding hydrogens is 224 g/mol. The molecule has 0 spiro atoms. The molecule has 0 atom stereocenters. The second-order valence-corrected chi connectivity index (χ2v) is 4.78. The zero-order chi connectivity index (χ0) is 12.8. The minimum absolute atomic E-state index is 0.957. The minimum atomic E-state index is 0.957. The van der Waals surface area contributed by atoms with Gasteiger partial charge in [-0.25, -0.2) is 0 Å². The number of hydrogen-bond acceptors (Lipinski definition) is 4. The Hall–Kier alpha value is -1.13. The van der Waals surface area contributed by atoms with Crippen LogP contribution in [0.25, 0.3) is 0 Å². The number of aromatic nitrogens is 1. The molecule has 0 aliphatic carbocycles. The van der Waals surface area contributed by atoms with Crippen molar-refractivity contribution in [3.63, 3.8) is 0 Å². The summed E-state index contributed by atoms with van der Waals surface area (Å²) in [6, 6.07) is 4.19. The Morgan fingerprint density at radius 1 is 1.17 bits per heavy atom. The molecule has 0 bridgehead atoms. The van der Waals surface area contributed by atoms with Crippen LogP contribution < -0.4 is 5.32 Å². The Balaban J connectivity index is 1.87. The van der Waals surface area contributed by atoms with Crippen molar-refractivity contribution < 1.29 is 0 Å². The van der Waals surface area contributed by atoms with E-state index in [4.69, 9.17) is 0 Å². The van der Waals surface area contributed by atoms with Gasteiger partial charge in [0.1, 0.15) is 0 Å². The molecule has 0 saturated carbocycles. The maximum atomic E-state index is 4.46. The summed E-state index contributed by atoms with van der Waals surface area (Å²) in [5, 5.41) is 3.33. The zero-order valence-corrected chi connectivity index (χ0v) is 11.5. The first kappa shape index (κ1) is 13.3. The standard InChI is InChI=1S/C14H24N4/c1-3-15-13-5-6-16-14(11-13)12-18-9-7-17(4-2)8-10-18/h5-6,11H,3-4,7-10,12H2,1-2H3,(H,15,16). The maximum Gasteiger partial charge on any atom is 0.0564 e. The van der Waals surface area contributed by atoms with Gasteiger partial charge in [0, 0.05) is 51.2 Å². The summed E-state index contributed by atoms with van der Waals surface area (Å²) in [5.74, 6) is 0. The topological polar surface area (TPSA) is 31.4 Å². The highest BCUT2D eigenvalue weighted by atomic mass is 15.3. The predicted octanol–water partition coefficient (Wildman–Crippen LogP) is 1.65. The van der Waals surface area contributed by atoms with Crippen LogP contribution in [0.5, 0.6) is 0 Å². The lowest BCUT2D eigenvalue weighted by Crippen LogP contribution is -2.45. The van der Waals surface area contributed by atoms with Crippen molar-refractivity contribution in [2.45, 2.75) is 20.4 Å². The number of pyridine rings is 1. The summed E-state index contributed by atoms with van der Waals surface area (Å²) in [4.78, 5) is 9.45. The van der Waals surface area contributed by atoms with Crippen LogP contribution in [0.2, 0.25) is 0 Å². The molecule has 0 unspecified atom stereocenters. The van der Waals surface area contributed by atoms with Crippen molar-refractivity contribution in [1.29, 1.82) is 0 Å². The molecule has 0 amide bonds. The average Bonchev–Trinajstić information content (AvgIpc) is 2.40. The lowest BCUT2D eigenvalue weighted by Gasteiger charge is -2.33. The van der Waals surface area contributed by atoms with Crippen LogP contribution in [0.4, 0.5) is 5.69 Å². The van der Waals surface area contributed by atoms with E-state index in [0.717, 1.165) is 26.2 Å². The number of nitrogens with one attached hydrogen (secondary N) is 1. The zero-order valence-electron chi connectivity index (χ0n) is 11.5. The Morgan fingerprint density at radius 2 is 1.89 bits per heavy atom. The van der Waals surface area contributed by atoms with Crippen molar-refractivity contribution in [2.24, 2.45) is 0 Å². The molecular formula is C14H24N4. The largest absolute Gasteiger partial charge is 0.385 e. The molecule has 18 heavy (non-hydrogen) atoms. The van der Waals surface area contributed by atoms with Gasteiger partial charge in [0.25, 0.3) is 0 Å². The highest BCUT2D eigenvalue weighted by Crippen LogP contribution is 2.11. The summed E-state index contributed by atoms with van der Waals surface area (Å²) in [7, 11) is 0. The van der Waals surface area contributed by atoms with Gasteiger partial charge in [-0.1, -0.05) is 6.92 Å². The molecule has 1 aliphatic heterocycles. The summed E-state index contributed by atoms with van der Waals surface area (Å²) in [6.07, 6.45) is 1.90. The van der Waals surface area contributed by atoms with Crippen molar-refractivity contribution in [1.82, 2.24) is 14.8 Å². The van der Waals surface area contributed by atoms with Gasteiger partial charge >= 0.3 is 0 Å². The summed E-state index contributed by atoms with van der Waals surface area (Å²) in [5.41, 5.74) is 2.34. The van der Waals surface area contributed by atoms with Gasteiger partial charge in [0.05, 0.1) is 5.69 Å². The highest BCUT2D eigenvalue weighted by Gasteiger charge is 2.15. The van der Waals surface area contributed by atoms with Crippen LogP contribution in [0.3, 0.4) is 0 Å². The first-order valence-electron chi connectivity index (χ1n) is 6.95. The summed E-state index contributed by atoms with van der Waals surface area (Å²) in [6.45, 7) is 12.1. The van der Waals surface area contributed by atoms with Gasteiger partial charge in [-0.2, -0.15) is 0 Å². The minimum Gasteiger partial charge on any atom is -0.385 e. The van der Waals surface area contributed by atoms with Crippen molar-refractivity contribution >= 4 is 5.69 Å². The van der Waals surface area contributed by atoms with E-state index in [0.29, 0.717) is 0 Å². The molecule has 4 heteroatoms. The third-order valence-electron chi connectivity index (χ3n) is 3.50. The summed E-state index contributed by atoms with van der Waals surface area (Å²) >= 11 is 0. The Morgan fingerprint density at radius 3 is 2.56 bits per heavy atom. The van der Waals surface area contributed by atoms with Crippen LogP contribution in [-0.4, -0.2) is 54.1 Å². The van der Waals surface area contributed by atoms with Gasteiger partial charge in [-0.3, -0.25) is 9.88 Å². The molecule has 0 aromatic carbocycles. The smallest absolute Gasteiger partial charge is 0.0564 e.